The zero-order chi connectivity index (χ0) is 27.0. The maximum absolute atomic E-state index is 11.0. The lowest BCUT2D eigenvalue weighted by atomic mass is 9.88. The van der Waals surface area contributed by atoms with E-state index in [0.29, 0.717) is 5.92 Å². The number of hydrogen-bond donors (Lipinski definition) is 0. The SMILES string of the molecule is CCCCCCCCCCCCCCC(CCC)c1ccccc1N1CCC(c2ccc([N+](=O)[O-])cc2)=N1. The van der Waals surface area contributed by atoms with E-state index in [1.807, 2.05) is 12.1 Å². The molecule has 2 aromatic rings. The minimum Gasteiger partial charge on any atom is -0.265 e. The smallest absolute Gasteiger partial charge is 0.265 e. The van der Waals surface area contributed by atoms with E-state index in [0.717, 1.165) is 24.2 Å². The molecule has 0 bridgehead atoms. The molecule has 0 saturated carbocycles. The number of hydrogen-bond acceptors (Lipinski definition) is 4. The van der Waals surface area contributed by atoms with Crippen LogP contribution in [-0.2, 0) is 0 Å². The number of hydrazone groups is 1. The Kier molecular flexibility index (Phi) is 13.4. The molecule has 38 heavy (non-hydrogen) atoms. The number of non-ortho nitro benzene ring substituents is 1. The quantitative estimate of drug-likeness (QED) is 0.105. The average molecular weight is 520 g/mol. The predicted octanol–water partition coefficient (Wildman–Crippen LogP) is 10.2. The van der Waals surface area contributed by atoms with Gasteiger partial charge in [0.05, 0.1) is 16.3 Å². The lowest BCUT2D eigenvalue weighted by Gasteiger charge is -2.24. The normalized spacial score (nSPS) is 14.1. The first-order chi connectivity index (χ1) is 18.6. The van der Waals surface area contributed by atoms with Crippen LogP contribution in [0.1, 0.15) is 134 Å². The van der Waals surface area contributed by atoms with Gasteiger partial charge in [-0.2, -0.15) is 5.10 Å². The second-order valence-corrected chi connectivity index (χ2v) is 10.9. The summed E-state index contributed by atoms with van der Waals surface area (Å²) < 4.78 is 0. The number of nitro groups is 1. The van der Waals surface area contributed by atoms with E-state index in [4.69, 9.17) is 5.10 Å². The van der Waals surface area contributed by atoms with Crippen LogP contribution in [0.15, 0.2) is 53.6 Å². The van der Waals surface area contributed by atoms with Crippen LogP contribution in [-0.4, -0.2) is 17.2 Å². The Morgan fingerprint density at radius 3 is 2.00 bits per heavy atom. The fraction of sp³-hybridized carbons (Fsp3) is 0.606. The molecule has 0 aliphatic carbocycles. The fourth-order valence-corrected chi connectivity index (χ4v) is 5.71. The number of unbranched alkanes of at least 4 members (excludes halogenated alkanes) is 11. The van der Waals surface area contributed by atoms with Gasteiger partial charge in [-0.25, -0.2) is 0 Å². The van der Waals surface area contributed by atoms with Gasteiger partial charge in [-0.1, -0.05) is 116 Å². The molecule has 1 unspecified atom stereocenters. The van der Waals surface area contributed by atoms with E-state index in [1.54, 1.807) is 12.1 Å². The van der Waals surface area contributed by atoms with E-state index in [2.05, 4.69) is 43.1 Å². The fourth-order valence-electron chi connectivity index (χ4n) is 5.71. The van der Waals surface area contributed by atoms with E-state index in [1.165, 1.54) is 108 Å². The third-order valence-corrected chi connectivity index (χ3v) is 7.91. The first-order valence-corrected chi connectivity index (χ1v) is 15.3. The summed E-state index contributed by atoms with van der Waals surface area (Å²) in [5.74, 6) is 0.568. The highest BCUT2D eigenvalue weighted by Gasteiger charge is 2.23. The number of anilines is 1. The highest BCUT2D eigenvalue weighted by Crippen LogP contribution is 2.36. The molecule has 0 amide bonds. The molecule has 0 radical (unpaired) electrons. The van der Waals surface area contributed by atoms with Gasteiger partial charge in [0.15, 0.2) is 0 Å². The number of para-hydroxylation sites is 1. The second kappa shape index (κ2) is 17.0. The highest BCUT2D eigenvalue weighted by atomic mass is 16.6. The largest absolute Gasteiger partial charge is 0.269 e. The predicted molar refractivity (Wildman–Crippen MR) is 161 cm³/mol. The molecule has 0 aromatic heterocycles. The van der Waals surface area contributed by atoms with Crippen LogP contribution < -0.4 is 5.01 Å². The summed E-state index contributed by atoms with van der Waals surface area (Å²) in [6, 6.07) is 15.6. The van der Waals surface area contributed by atoms with Crippen LogP contribution in [0.4, 0.5) is 11.4 Å². The van der Waals surface area contributed by atoms with Gasteiger partial charge in [0.1, 0.15) is 0 Å². The topological polar surface area (TPSA) is 58.7 Å². The molecule has 0 N–H and O–H groups in total. The number of nitrogens with zero attached hydrogens (tertiary/aromatic N) is 3. The van der Waals surface area contributed by atoms with Crippen molar-refractivity contribution in [1.82, 2.24) is 0 Å². The van der Waals surface area contributed by atoms with Crippen LogP contribution in [0, 0.1) is 10.1 Å². The van der Waals surface area contributed by atoms with Crippen LogP contribution in [0.2, 0.25) is 0 Å². The van der Waals surface area contributed by atoms with Gasteiger partial charge < -0.3 is 0 Å². The van der Waals surface area contributed by atoms with Crippen molar-refractivity contribution in [2.45, 2.75) is 122 Å². The second-order valence-electron chi connectivity index (χ2n) is 10.9. The Morgan fingerprint density at radius 2 is 1.39 bits per heavy atom. The van der Waals surface area contributed by atoms with Crippen molar-refractivity contribution < 1.29 is 4.92 Å². The molecular formula is C33H49N3O2. The molecule has 1 heterocycles. The molecule has 0 fully saturated rings. The summed E-state index contributed by atoms with van der Waals surface area (Å²) in [5, 5.41) is 18.1. The van der Waals surface area contributed by atoms with Gasteiger partial charge in [0, 0.05) is 25.1 Å². The third-order valence-electron chi connectivity index (χ3n) is 7.91. The van der Waals surface area contributed by atoms with Crippen molar-refractivity contribution in [2.24, 2.45) is 5.10 Å². The number of benzene rings is 2. The highest BCUT2D eigenvalue weighted by molar-refractivity contribution is 6.02. The summed E-state index contributed by atoms with van der Waals surface area (Å²) in [7, 11) is 0. The lowest BCUT2D eigenvalue weighted by Crippen LogP contribution is -2.15. The van der Waals surface area contributed by atoms with Gasteiger partial charge in [0.2, 0.25) is 0 Å². The van der Waals surface area contributed by atoms with Gasteiger partial charge in [-0.15, -0.1) is 0 Å². The molecule has 208 valence electrons. The minimum atomic E-state index is -0.354. The molecule has 0 saturated heterocycles. The summed E-state index contributed by atoms with van der Waals surface area (Å²) in [6.45, 7) is 5.42. The molecule has 1 atom stereocenters. The first-order valence-electron chi connectivity index (χ1n) is 15.3. The van der Waals surface area contributed by atoms with Crippen LogP contribution >= 0.6 is 0 Å². The maximum atomic E-state index is 11.0. The summed E-state index contributed by atoms with van der Waals surface area (Å²) >= 11 is 0. The average Bonchev–Trinajstić information content (AvgIpc) is 3.43. The Bertz CT molecular complexity index is 986. The Hall–Kier alpha value is -2.69. The molecule has 5 heteroatoms. The van der Waals surface area contributed by atoms with E-state index < -0.39 is 0 Å². The molecule has 2 aromatic carbocycles. The molecule has 1 aliphatic heterocycles. The number of nitro benzene ring substituents is 1. The van der Waals surface area contributed by atoms with Crippen LogP contribution in [0.5, 0.6) is 0 Å². The van der Waals surface area contributed by atoms with Gasteiger partial charge in [0.25, 0.3) is 5.69 Å². The van der Waals surface area contributed by atoms with E-state index in [-0.39, 0.29) is 10.6 Å². The van der Waals surface area contributed by atoms with Crippen molar-refractivity contribution in [2.75, 3.05) is 11.6 Å². The Morgan fingerprint density at radius 1 is 0.789 bits per heavy atom. The van der Waals surface area contributed by atoms with Crippen molar-refractivity contribution in [3.63, 3.8) is 0 Å². The summed E-state index contributed by atoms with van der Waals surface area (Å²) in [6.07, 6.45) is 21.1. The molecule has 3 rings (SSSR count). The van der Waals surface area contributed by atoms with E-state index in [9.17, 15) is 10.1 Å². The monoisotopic (exact) mass is 519 g/mol. The lowest BCUT2D eigenvalue weighted by molar-refractivity contribution is -0.384. The maximum Gasteiger partial charge on any atom is 0.269 e. The molecule has 5 nitrogen and oxygen atoms in total. The zero-order valence-electron chi connectivity index (χ0n) is 23.9. The van der Waals surface area contributed by atoms with Crippen LogP contribution in [0.25, 0.3) is 0 Å². The molecule has 1 aliphatic rings. The van der Waals surface area contributed by atoms with Crippen molar-refractivity contribution in [3.05, 3.63) is 69.8 Å². The summed E-state index contributed by atoms with van der Waals surface area (Å²) in [4.78, 5) is 10.6. The Balaban J connectivity index is 1.49. The van der Waals surface area contributed by atoms with Gasteiger partial charge >= 0.3 is 0 Å². The van der Waals surface area contributed by atoms with Crippen molar-refractivity contribution in [1.29, 1.82) is 0 Å². The summed E-state index contributed by atoms with van der Waals surface area (Å²) in [5.41, 5.74) is 4.74. The van der Waals surface area contributed by atoms with Crippen LogP contribution in [0.3, 0.4) is 0 Å². The van der Waals surface area contributed by atoms with E-state index >= 15 is 0 Å². The third kappa shape index (κ3) is 9.56. The van der Waals surface area contributed by atoms with Gasteiger partial charge in [-0.05, 0) is 48.1 Å². The van der Waals surface area contributed by atoms with Gasteiger partial charge in [-0.3, -0.25) is 15.1 Å². The molecule has 0 spiro atoms. The molecular weight excluding hydrogens is 470 g/mol. The Labute approximate surface area is 230 Å². The van der Waals surface area contributed by atoms with Crippen molar-refractivity contribution in [3.8, 4) is 0 Å². The number of rotatable bonds is 19. The standard InChI is InChI=1S/C33H49N3O2/c1-3-5-6-7-8-9-10-11-12-13-14-15-19-28(18-4-2)31-20-16-17-21-33(31)35-27-26-32(34-35)29-22-24-30(25-23-29)36(37)38/h16-17,20-25,28H,3-15,18-19,26-27H2,1-2H3. The minimum absolute atomic E-state index is 0.120. The first kappa shape index (κ1) is 29.9. The zero-order valence-corrected chi connectivity index (χ0v) is 23.9. The van der Waals surface area contributed by atoms with Crippen molar-refractivity contribution >= 4 is 17.1 Å².